The minimum atomic E-state index is -0.598. The second-order valence-electron chi connectivity index (χ2n) is 6.07. The molecule has 0 aliphatic carbocycles. The van der Waals surface area contributed by atoms with Crippen molar-refractivity contribution < 1.29 is 18.7 Å². The average Bonchev–Trinajstić information content (AvgIpc) is 2.67. The number of halogens is 1. The lowest BCUT2D eigenvalue weighted by Crippen LogP contribution is -2.16. The molecule has 0 bridgehead atoms. The van der Waals surface area contributed by atoms with E-state index in [4.69, 9.17) is 4.74 Å². The summed E-state index contributed by atoms with van der Waals surface area (Å²) in [6.07, 6.45) is 0. The molecular formula is C22H18FNO3. The normalized spacial score (nSPS) is 10.3. The summed E-state index contributed by atoms with van der Waals surface area (Å²) in [5, 5.41) is 2.73. The third-order valence-corrected chi connectivity index (χ3v) is 3.97. The van der Waals surface area contributed by atoms with Crippen molar-refractivity contribution >= 4 is 17.6 Å². The predicted molar refractivity (Wildman–Crippen MR) is 101 cm³/mol. The van der Waals surface area contributed by atoms with Crippen LogP contribution in [0.1, 0.15) is 31.8 Å². The van der Waals surface area contributed by atoms with E-state index >= 15 is 0 Å². The molecule has 0 heterocycles. The Morgan fingerprint density at radius 2 is 1.70 bits per heavy atom. The second kappa shape index (κ2) is 8.27. The third-order valence-electron chi connectivity index (χ3n) is 3.97. The summed E-state index contributed by atoms with van der Waals surface area (Å²) in [6, 6.07) is 19.6. The summed E-state index contributed by atoms with van der Waals surface area (Å²) < 4.78 is 18.5. The molecule has 0 saturated heterocycles. The van der Waals surface area contributed by atoms with E-state index in [1.54, 1.807) is 48.5 Å². The smallest absolute Gasteiger partial charge is 0.340 e. The van der Waals surface area contributed by atoms with Crippen molar-refractivity contribution in [2.45, 2.75) is 13.5 Å². The van der Waals surface area contributed by atoms with E-state index in [0.717, 1.165) is 5.56 Å². The summed E-state index contributed by atoms with van der Waals surface area (Å²) in [6.45, 7) is 1.88. The van der Waals surface area contributed by atoms with Crippen LogP contribution >= 0.6 is 0 Å². The highest BCUT2D eigenvalue weighted by atomic mass is 19.1. The van der Waals surface area contributed by atoms with Gasteiger partial charge in [-0.15, -0.1) is 0 Å². The van der Waals surface area contributed by atoms with Crippen molar-refractivity contribution in [1.29, 1.82) is 0 Å². The molecule has 27 heavy (non-hydrogen) atoms. The molecule has 4 nitrogen and oxygen atoms in total. The SMILES string of the molecule is Cc1ccc(C(=O)Nc2ccccc2C(=O)OCc2cccc(F)c2)cc1. The Balaban J connectivity index is 1.72. The molecule has 0 aliphatic rings. The summed E-state index contributed by atoms with van der Waals surface area (Å²) in [7, 11) is 0. The lowest BCUT2D eigenvalue weighted by Gasteiger charge is -2.11. The van der Waals surface area contributed by atoms with Gasteiger partial charge in [0.2, 0.25) is 0 Å². The number of para-hydroxylation sites is 1. The van der Waals surface area contributed by atoms with Gasteiger partial charge in [-0.1, -0.05) is 42.0 Å². The average molecular weight is 363 g/mol. The molecule has 0 saturated carbocycles. The number of hydrogen-bond donors (Lipinski definition) is 1. The fraction of sp³-hybridized carbons (Fsp3) is 0.0909. The number of amides is 1. The Morgan fingerprint density at radius 1 is 0.963 bits per heavy atom. The van der Waals surface area contributed by atoms with E-state index in [-0.39, 0.29) is 18.1 Å². The van der Waals surface area contributed by atoms with Gasteiger partial charge in [-0.05, 0) is 48.9 Å². The highest BCUT2D eigenvalue weighted by molar-refractivity contribution is 6.08. The van der Waals surface area contributed by atoms with Crippen LogP contribution in [0, 0.1) is 12.7 Å². The second-order valence-corrected chi connectivity index (χ2v) is 6.07. The molecule has 1 amide bonds. The standard InChI is InChI=1S/C22H18FNO3/c1-15-9-11-17(12-10-15)21(25)24-20-8-3-2-7-19(20)22(26)27-14-16-5-4-6-18(23)13-16/h2-13H,14H2,1H3,(H,24,25). The van der Waals surface area contributed by atoms with Crippen LogP contribution in [-0.2, 0) is 11.3 Å². The molecule has 3 aromatic rings. The molecular weight excluding hydrogens is 345 g/mol. The van der Waals surface area contributed by atoms with Crippen LogP contribution in [0.5, 0.6) is 0 Å². The predicted octanol–water partition coefficient (Wildman–Crippen LogP) is 4.74. The van der Waals surface area contributed by atoms with Crippen LogP contribution in [0.25, 0.3) is 0 Å². The Hall–Kier alpha value is -3.47. The van der Waals surface area contributed by atoms with Gasteiger partial charge in [0.15, 0.2) is 0 Å². The Morgan fingerprint density at radius 3 is 2.44 bits per heavy atom. The summed E-state index contributed by atoms with van der Waals surface area (Å²) in [4.78, 5) is 24.8. The van der Waals surface area contributed by atoms with E-state index < -0.39 is 11.8 Å². The van der Waals surface area contributed by atoms with Crippen molar-refractivity contribution in [1.82, 2.24) is 0 Å². The zero-order valence-corrected chi connectivity index (χ0v) is 14.7. The van der Waals surface area contributed by atoms with Gasteiger partial charge in [-0.3, -0.25) is 4.79 Å². The molecule has 0 unspecified atom stereocenters. The van der Waals surface area contributed by atoms with Crippen LogP contribution in [0.3, 0.4) is 0 Å². The topological polar surface area (TPSA) is 55.4 Å². The number of benzene rings is 3. The molecule has 3 rings (SSSR count). The number of hydrogen-bond acceptors (Lipinski definition) is 3. The highest BCUT2D eigenvalue weighted by Gasteiger charge is 2.15. The van der Waals surface area contributed by atoms with Crippen LogP contribution in [0.15, 0.2) is 72.8 Å². The van der Waals surface area contributed by atoms with Gasteiger partial charge in [0.1, 0.15) is 12.4 Å². The Kier molecular flexibility index (Phi) is 5.61. The van der Waals surface area contributed by atoms with Gasteiger partial charge in [-0.25, -0.2) is 9.18 Å². The maximum Gasteiger partial charge on any atom is 0.340 e. The van der Waals surface area contributed by atoms with Crippen LogP contribution < -0.4 is 5.32 Å². The first-order valence-electron chi connectivity index (χ1n) is 8.41. The van der Waals surface area contributed by atoms with Crippen LogP contribution in [-0.4, -0.2) is 11.9 Å². The number of rotatable bonds is 5. The first-order chi connectivity index (χ1) is 13.0. The number of anilines is 1. The molecule has 3 aromatic carbocycles. The van der Waals surface area contributed by atoms with Crippen LogP contribution in [0.2, 0.25) is 0 Å². The number of nitrogens with one attached hydrogen (secondary N) is 1. The molecule has 0 radical (unpaired) electrons. The fourth-order valence-corrected chi connectivity index (χ4v) is 2.52. The number of carbonyl (C=O) groups is 2. The van der Waals surface area contributed by atoms with Gasteiger partial charge < -0.3 is 10.1 Å². The number of aryl methyl sites for hydroxylation is 1. The molecule has 0 atom stereocenters. The minimum Gasteiger partial charge on any atom is -0.457 e. The lowest BCUT2D eigenvalue weighted by atomic mass is 10.1. The molecule has 1 N–H and O–H groups in total. The van der Waals surface area contributed by atoms with E-state index in [0.29, 0.717) is 16.8 Å². The zero-order chi connectivity index (χ0) is 19.2. The molecule has 136 valence electrons. The highest BCUT2D eigenvalue weighted by Crippen LogP contribution is 2.18. The molecule has 0 fully saturated rings. The van der Waals surface area contributed by atoms with Gasteiger partial charge >= 0.3 is 5.97 Å². The number of esters is 1. The van der Waals surface area contributed by atoms with E-state index in [1.807, 2.05) is 19.1 Å². The van der Waals surface area contributed by atoms with E-state index in [1.165, 1.54) is 12.1 Å². The first-order valence-corrected chi connectivity index (χ1v) is 8.41. The van der Waals surface area contributed by atoms with Gasteiger partial charge in [-0.2, -0.15) is 0 Å². The summed E-state index contributed by atoms with van der Waals surface area (Å²) in [5.74, 6) is -1.31. The monoisotopic (exact) mass is 363 g/mol. The maximum atomic E-state index is 13.2. The van der Waals surface area contributed by atoms with E-state index in [2.05, 4.69) is 5.32 Å². The summed E-state index contributed by atoms with van der Waals surface area (Å²) in [5.41, 5.74) is 2.67. The summed E-state index contributed by atoms with van der Waals surface area (Å²) >= 11 is 0. The zero-order valence-electron chi connectivity index (χ0n) is 14.7. The van der Waals surface area contributed by atoms with Crippen molar-refractivity contribution in [3.63, 3.8) is 0 Å². The van der Waals surface area contributed by atoms with Crippen molar-refractivity contribution in [3.05, 3.63) is 101 Å². The molecule has 0 spiro atoms. The number of carbonyl (C=O) groups excluding carboxylic acids is 2. The fourth-order valence-electron chi connectivity index (χ4n) is 2.52. The van der Waals surface area contributed by atoms with Crippen molar-refractivity contribution in [3.8, 4) is 0 Å². The lowest BCUT2D eigenvalue weighted by molar-refractivity contribution is 0.0473. The first kappa shape index (κ1) is 18.3. The molecule has 0 aromatic heterocycles. The molecule has 0 aliphatic heterocycles. The largest absolute Gasteiger partial charge is 0.457 e. The van der Waals surface area contributed by atoms with Gasteiger partial charge in [0.05, 0.1) is 11.3 Å². The Labute approximate surface area is 156 Å². The molecule has 5 heteroatoms. The minimum absolute atomic E-state index is 0.0587. The number of ether oxygens (including phenoxy) is 1. The van der Waals surface area contributed by atoms with Gasteiger partial charge in [0.25, 0.3) is 5.91 Å². The van der Waals surface area contributed by atoms with Gasteiger partial charge in [0, 0.05) is 5.56 Å². The maximum absolute atomic E-state index is 13.2. The Bertz CT molecular complexity index is 967. The van der Waals surface area contributed by atoms with Crippen molar-refractivity contribution in [2.24, 2.45) is 0 Å². The quantitative estimate of drug-likeness (QED) is 0.666. The third kappa shape index (κ3) is 4.79. The van der Waals surface area contributed by atoms with E-state index in [9.17, 15) is 14.0 Å². The van der Waals surface area contributed by atoms with Crippen molar-refractivity contribution in [2.75, 3.05) is 5.32 Å². The van der Waals surface area contributed by atoms with Crippen LogP contribution in [0.4, 0.5) is 10.1 Å².